The number of nitrogens with one attached hydrogen (secondary N) is 4. The van der Waals surface area contributed by atoms with Gasteiger partial charge in [-0.1, -0.05) is 72.8 Å². The van der Waals surface area contributed by atoms with Crippen molar-refractivity contribution in [2.45, 2.75) is 57.8 Å². The zero-order chi connectivity index (χ0) is 44.5. The number of amides is 3. The lowest BCUT2D eigenvalue weighted by Gasteiger charge is -2.32. The number of para-hydroxylation sites is 1. The Hall–Kier alpha value is -6.80. The largest absolute Gasteiger partial charge is 0.506 e. The maximum absolute atomic E-state index is 13.4. The first kappa shape index (κ1) is 44.3. The molecule has 2 unspecified atom stereocenters. The predicted octanol–water partition coefficient (Wildman–Crippen LogP) is 7.78. The van der Waals surface area contributed by atoms with E-state index in [9.17, 15) is 29.4 Å². The molecule has 6 aromatic rings. The summed E-state index contributed by atoms with van der Waals surface area (Å²) >= 11 is 0. The third kappa shape index (κ3) is 11.4. The molecule has 6 N–H and O–H groups in total. The van der Waals surface area contributed by atoms with Gasteiger partial charge in [-0.25, -0.2) is 4.79 Å². The van der Waals surface area contributed by atoms with Gasteiger partial charge in [0.2, 0.25) is 11.5 Å². The Morgan fingerprint density at radius 2 is 1.62 bits per heavy atom. The number of likely N-dealkylation sites (tertiary alicyclic amines) is 1. The van der Waals surface area contributed by atoms with Crippen molar-refractivity contribution < 1.29 is 29.3 Å². The number of anilines is 3. The summed E-state index contributed by atoms with van der Waals surface area (Å²) in [5, 5.41) is 30.9. The number of aromatic amines is 1. The molecule has 326 valence electrons. The molecule has 7 rings (SSSR count). The van der Waals surface area contributed by atoms with Crippen LogP contribution < -0.4 is 26.4 Å². The third-order valence-corrected chi connectivity index (χ3v) is 11.6. The van der Waals surface area contributed by atoms with Gasteiger partial charge in [0.1, 0.15) is 11.9 Å². The molecule has 0 radical (unpaired) electrons. The number of carbonyl (C=O) groups is 3. The quantitative estimate of drug-likeness (QED) is 0.0603. The number of carbonyl (C=O) groups excluding carboxylic acids is 3. The number of aliphatic hydroxyl groups is 1. The second kappa shape index (κ2) is 20.4. The van der Waals surface area contributed by atoms with Gasteiger partial charge in [-0.05, 0) is 97.8 Å². The second-order valence-electron chi connectivity index (χ2n) is 16.2. The van der Waals surface area contributed by atoms with Crippen molar-refractivity contribution in [3.05, 3.63) is 154 Å². The number of nitrogens with zero attached hydrogens (tertiary/aromatic N) is 2. The number of aryl methyl sites for hydroxylation is 1. The first-order chi connectivity index (χ1) is 30.4. The minimum atomic E-state index is -0.868. The van der Waals surface area contributed by atoms with Crippen LogP contribution in [-0.2, 0) is 16.0 Å². The van der Waals surface area contributed by atoms with Gasteiger partial charge in [0.05, 0.1) is 17.3 Å². The van der Waals surface area contributed by atoms with Gasteiger partial charge in [-0.15, -0.1) is 0 Å². The topological polar surface area (TPSA) is 176 Å². The summed E-state index contributed by atoms with van der Waals surface area (Å²) in [4.78, 5) is 57.9. The smallest absolute Gasteiger partial charge is 0.411 e. The summed E-state index contributed by atoms with van der Waals surface area (Å²) < 4.78 is 5.79. The van der Waals surface area contributed by atoms with Crippen molar-refractivity contribution >= 4 is 45.9 Å². The number of phenolic OH excluding ortho intramolecular Hbond substituents is 1. The van der Waals surface area contributed by atoms with E-state index in [4.69, 9.17) is 4.74 Å². The molecule has 2 atom stereocenters. The number of hydrogen-bond acceptors (Lipinski definition) is 9. The lowest BCUT2D eigenvalue weighted by atomic mass is 10.0. The van der Waals surface area contributed by atoms with Crippen molar-refractivity contribution in [3.8, 4) is 16.9 Å². The summed E-state index contributed by atoms with van der Waals surface area (Å²) in [5.74, 6) is -0.414. The number of pyridine rings is 1. The molecule has 13 heteroatoms. The Kier molecular flexibility index (Phi) is 14.3. The number of aromatic hydroxyl groups is 1. The molecule has 2 heterocycles. The van der Waals surface area contributed by atoms with E-state index < -0.39 is 12.2 Å². The summed E-state index contributed by atoms with van der Waals surface area (Å²) in [5.41, 5.74) is 6.80. The van der Waals surface area contributed by atoms with Gasteiger partial charge in [0.25, 0.3) is 5.91 Å². The number of aromatic nitrogens is 1. The SMILES string of the molecule is Cc1ccc(C(=O)Nc2ccc(CC(C)NCC(O)c3ccc(O)c4[nH]c(=O)ccc34)cc2)cc1N(C)C(=O)CCN1CCC(OC(=O)Nc2ccccc2-c2ccccc2)CC1. The highest BCUT2D eigenvalue weighted by Gasteiger charge is 2.24. The Morgan fingerprint density at radius 3 is 2.38 bits per heavy atom. The maximum atomic E-state index is 13.4. The first-order valence-corrected chi connectivity index (χ1v) is 21.3. The van der Waals surface area contributed by atoms with E-state index in [1.807, 2.05) is 98.8 Å². The van der Waals surface area contributed by atoms with Gasteiger partial charge in [0, 0.05) is 79.6 Å². The van der Waals surface area contributed by atoms with Crippen molar-refractivity contribution in [1.29, 1.82) is 0 Å². The molecule has 63 heavy (non-hydrogen) atoms. The minimum absolute atomic E-state index is 0.0101. The number of phenols is 1. The monoisotopic (exact) mass is 850 g/mol. The number of rotatable bonds is 15. The molecule has 1 saturated heterocycles. The zero-order valence-electron chi connectivity index (χ0n) is 35.8. The average Bonchev–Trinajstić information content (AvgIpc) is 3.29. The van der Waals surface area contributed by atoms with Gasteiger partial charge in [0.15, 0.2) is 0 Å². The molecule has 0 saturated carbocycles. The van der Waals surface area contributed by atoms with Crippen LogP contribution in [0.1, 0.15) is 59.3 Å². The number of hydrogen-bond donors (Lipinski definition) is 6. The number of piperidine rings is 1. The van der Waals surface area contributed by atoms with Crippen molar-refractivity contribution in [2.24, 2.45) is 0 Å². The van der Waals surface area contributed by atoms with E-state index >= 15 is 0 Å². The molecule has 1 aliphatic rings. The summed E-state index contributed by atoms with van der Waals surface area (Å²) in [6.45, 7) is 6.17. The highest BCUT2D eigenvalue weighted by molar-refractivity contribution is 6.06. The molecule has 1 aliphatic heterocycles. The lowest BCUT2D eigenvalue weighted by molar-refractivity contribution is -0.118. The van der Waals surface area contributed by atoms with Crippen LogP contribution in [0.3, 0.4) is 0 Å². The highest BCUT2D eigenvalue weighted by atomic mass is 16.6. The third-order valence-electron chi connectivity index (χ3n) is 11.6. The first-order valence-electron chi connectivity index (χ1n) is 21.3. The molecule has 1 fully saturated rings. The molecule has 0 bridgehead atoms. The number of H-pyrrole nitrogens is 1. The minimum Gasteiger partial charge on any atom is -0.506 e. The van der Waals surface area contributed by atoms with Crippen LogP contribution >= 0.6 is 0 Å². The number of benzene rings is 5. The van der Waals surface area contributed by atoms with Crippen LogP contribution in [0.4, 0.5) is 21.9 Å². The summed E-state index contributed by atoms with van der Waals surface area (Å²) in [6, 6.07) is 36.5. The molecule has 0 spiro atoms. The Labute approximate surface area is 366 Å². The number of fused-ring (bicyclic) bond motifs is 1. The van der Waals surface area contributed by atoms with E-state index in [2.05, 4.69) is 25.8 Å². The molecular formula is C50H54N6O7. The highest BCUT2D eigenvalue weighted by Crippen LogP contribution is 2.30. The van der Waals surface area contributed by atoms with E-state index in [0.717, 1.165) is 22.3 Å². The van der Waals surface area contributed by atoms with Crippen LogP contribution in [0.25, 0.3) is 22.0 Å². The van der Waals surface area contributed by atoms with E-state index in [1.165, 1.54) is 12.1 Å². The van der Waals surface area contributed by atoms with Gasteiger partial charge in [-0.3, -0.25) is 19.7 Å². The lowest BCUT2D eigenvalue weighted by Crippen LogP contribution is -2.40. The van der Waals surface area contributed by atoms with Crippen LogP contribution in [0.5, 0.6) is 5.75 Å². The van der Waals surface area contributed by atoms with Crippen molar-refractivity contribution in [1.82, 2.24) is 15.2 Å². The maximum Gasteiger partial charge on any atom is 0.411 e. The fourth-order valence-corrected chi connectivity index (χ4v) is 8.00. The second-order valence-corrected chi connectivity index (χ2v) is 16.2. The number of ether oxygens (including phenoxy) is 1. The predicted molar refractivity (Wildman–Crippen MR) is 247 cm³/mol. The van der Waals surface area contributed by atoms with Crippen LogP contribution in [0.2, 0.25) is 0 Å². The van der Waals surface area contributed by atoms with Crippen molar-refractivity contribution in [2.75, 3.05) is 48.8 Å². The Bertz CT molecular complexity index is 2610. The Balaban J connectivity index is 0.843. The van der Waals surface area contributed by atoms with Gasteiger partial charge in [-0.2, -0.15) is 0 Å². The average molecular weight is 851 g/mol. The fourth-order valence-electron chi connectivity index (χ4n) is 8.00. The Morgan fingerprint density at radius 1 is 0.889 bits per heavy atom. The molecular weight excluding hydrogens is 797 g/mol. The summed E-state index contributed by atoms with van der Waals surface area (Å²) in [6.07, 6.45) is 0.751. The molecule has 0 aliphatic carbocycles. The van der Waals surface area contributed by atoms with E-state index in [1.54, 1.807) is 36.2 Å². The van der Waals surface area contributed by atoms with Gasteiger partial charge < -0.3 is 40.4 Å². The summed E-state index contributed by atoms with van der Waals surface area (Å²) in [7, 11) is 1.73. The van der Waals surface area contributed by atoms with Crippen LogP contribution in [0.15, 0.2) is 126 Å². The molecule has 3 amide bonds. The molecule has 13 nitrogen and oxygen atoms in total. The fraction of sp³-hybridized carbons (Fsp3) is 0.280. The van der Waals surface area contributed by atoms with E-state index in [0.29, 0.717) is 84.4 Å². The standard InChI is InChI=1S/C50H54N6O7/c1-32-13-16-36(49(61)52-37-17-14-34(15-18-37)29-33(2)51-31-45(58)40-19-21-44(57)48-41(40)20-22-46(59)54-48)30-43(32)55(3)47(60)25-28-56-26-23-38(24-27-56)63-50(62)53-42-12-8-7-11-39(42)35-9-5-4-6-10-35/h4-22,30,33,38,45,51,57-58H,23-29,31H2,1-3H3,(H,52,61)(H,53,62)(H,54,59). The molecule has 5 aromatic carbocycles. The molecule has 1 aromatic heterocycles. The van der Waals surface area contributed by atoms with Crippen molar-refractivity contribution in [3.63, 3.8) is 0 Å². The van der Waals surface area contributed by atoms with Gasteiger partial charge >= 0.3 is 6.09 Å². The van der Waals surface area contributed by atoms with Crippen LogP contribution in [-0.4, -0.2) is 83.4 Å². The number of aliphatic hydroxyl groups excluding tert-OH is 1. The van der Waals surface area contributed by atoms with Crippen LogP contribution in [0, 0.1) is 6.92 Å². The zero-order valence-corrected chi connectivity index (χ0v) is 35.8. The normalized spacial score (nSPS) is 14.2. The van der Waals surface area contributed by atoms with E-state index in [-0.39, 0.29) is 41.8 Å².